The van der Waals surface area contributed by atoms with Crippen molar-refractivity contribution in [2.24, 2.45) is 0 Å². The molecule has 25 heavy (non-hydrogen) atoms. The number of esters is 1. The molecule has 0 aliphatic rings. The third-order valence-electron chi connectivity index (χ3n) is 3.50. The molecule has 0 aliphatic carbocycles. The van der Waals surface area contributed by atoms with Crippen LogP contribution in [0.4, 0.5) is 5.69 Å². The number of carbonyl (C=O) groups is 3. The smallest absolute Gasteiger partial charge is 0.339 e. The number of nitrogens with one attached hydrogen (secondary N) is 1. The molecule has 1 N–H and O–H groups in total. The van der Waals surface area contributed by atoms with E-state index >= 15 is 0 Å². The predicted octanol–water partition coefficient (Wildman–Crippen LogP) is 3.08. The molecule has 0 unspecified atom stereocenters. The molecule has 0 radical (unpaired) electrons. The molecule has 0 saturated carbocycles. The summed E-state index contributed by atoms with van der Waals surface area (Å²) in [5.41, 5.74) is 1.23. The van der Waals surface area contributed by atoms with Crippen molar-refractivity contribution in [3.8, 4) is 5.75 Å². The summed E-state index contributed by atoms with van der Waals surface area (Å²) >= 11 is 0. The normalized spacial score (nSPS) is 11.3. The fourth-order valence-corrected chi connectivity index (χ4v) is 2.09. The van der Waals surface area contributed by atoms with Gasteiger partial charge in [-0.15, -0.1) is 0 Å². The first-order valence-electron chi connectivity index (χ1n) is 7.67. The second-order valence-electron chi connectivity index (χ2n) is 5.41. The van der Waals surface area contributed by atoms with Crippen molar-refractivity contribution in [2.45, 2.75) is 20.0 Å². The predicted molar refractivity (Wildman–Crippen MR) is 92.9 cm³/mol. The van der Waals surface area contributed by atoms with E-state index in [1.807, 2.05) is 0 Å². The maximum Gasteiger partial charge on any atom is 0.339 e. The molecule has 0 saturated heterocycles. The standard InChI is InChI=1S/C19H19NO5/c1-12(21)14-6-4-8-16(10-14)20-18(22)13(2)25-19(23)15-7-5-9-17(11-15)24-3/h4-11,13H,1-3H3,(H,20,22)/t13-/m0/s1. The lowest BCUT2D eigenvalue weighted by molar-refractivity contribution is -0.123. The molecule has 0 fully saturated rings. The number of ether oxygens (including phenoxy) is 2. The number of amides is 1. The molecule has 0 bridgehead atoms. The van der Waals surface area contributed by atoms with E-state index in [1.165, 1.54) is 27.0 Å². The summed E-state index contributed by atoms with van der Waals surface area (Å²) in [6, 6.07) is 13.0. The van der Waals surface area contributed by atoms with E-state index in [-0.39, 0.29) is 11.3 Å². The van der Waals surface area contributed by atoms with Crippen LogP contribution < -0.4 is 10.1 Å². The highest BCUT2D eigenvalue weighted by molar-refractivity contribution is 5.99. The van der Waals surface area contributed by atoms with Crippen LogP contribution in [-0.4, -0.2) is 30.9 Å². The summed E-state index contributed by atoms with van der Waals surface area (Å²) in [6.07, 6.45) is -1.00. The first-order valence-corrected chi connectivity index (χ1v) is 7.67. The molecule has 6 nitrogen and oxygen atoms in total. The van der Waals surface area contributed by atoms with Gasteiger partial charge in [0.25, 0.3) is 5.91 Å². The van der Waals surface area contributed by atoms with E-state index in [1.54, 1.807) is 42.5 Å². The largest absolute Gasteiger partial charge is 0.497 e. The first kappa shape index (κ1) is 18.2. The van der Waals surface area contributed by atoms with Gasteiger partial charge in [-0.25, -0.2) is 4.79 Å². The molecule has 1 atom stereocenters. The van der Waals surface area contributed by atoms with Gasteiger partial charge in [0.15, 0.2) is 11.9 Å². The fraction of sp³-hybridized carbons (Fsp3) is 0.211. The van der Waals surface area contributed by atoms with E-state index in [2.05, 4.69) is 5.32 Å². The molecule has 6 heteroatoms. The van der Waals surface area contributed by atoms with E-state index in [0.717, 1.165) is 0 Å². The molecule has 2 aromatic rings. The minimum absolute atomic E-state index is 0.103. The van der Waals surface area contributed by atoms with Gasteiger partial charge in [0, 0.05) is 11.3 Å². The summed E-state index contributed by atoms with van der Waals surface area (Å²) in [5.74, 6) is -0.697. The Kier molecular flexibility index (Phi) is 5.89. The van der Waals surface area contributed by atoms with Crippen molar-refractivity contribution in [1.29, 1.82) is 0 Å². The maximum atomic E-state index is 12.2. The van der Waals surface area contributed by atoms with Crippen LogP contribution in [0.5, 0.6) is 5.75 Å². The van der Waals surface area contributed by atoms with Gasteiger partial charge in [0.1, 0.15) is 5.75 Å². The van der Waals surface area contributed by atoms with E-state index in [4.69, 9.17) is 9.47 Å². The highest BCUT2D eigenvalue weighted by Crippen LogP contribution is 2.15. The van der Waals surface area contributed by atoms with Gasteiger partial charge in [0.2, 0.25) is 0 Å². The summed E-state index contributed by atoms with van der Waals surface area (Å²) < 4.78 is 10.2. The number of ketones is 1. The zero-order valence-corrected chi connectivity index (χ0v) is 14.2. The van der Waals surface area contributed by atoms with Crippen molar-refractivity contribution < 1.29 is 23.9 Å². The van der Waals surface area contributed by atoms with E-state index < -0.39 is 18.0 Å². The van der Waals surface area contributed by atoms with Crippen molar-refractivity contribution in [1.82, 2.24) is 0 Å². The van der Waals surface area contributed by atoms with Crippen LogP contribution in [0.3, 0.4) is 0 Å². The number of carbonyl (C=O) groups excluding carboxylic acids is 3. The van der Waals surface area contributed by atoms with Gasteiger partial charge in [-0.2, -0.15) is 0 Å². The maximum absolute atomic E-state index is 12.2. The van der Waals surface area contributed by atoms with Gasteiger partial charge >= 0.3 is 5.97 Å². The number of hydrogen-bond acceptors (Lipinski definition) is 5. The van der Waals surface area contributed by atoms with Gasteiger partial charge in [0.05, 0.1) is 12.7 Å². The van der Waals surface area contributed by atoms with Crippen LogP contribution in [0.2, 0.25) is 0 Å². The summed E-state index contributed by atoms with van der Waals surface area (Å²) in [6.45, 7) is 2.92. The summed E-state index contributed by atoms with van der Waals surface area (Å²) in [4.78, 5) is 35.7. The number of anilines is 1. The monoisotopic (exact) mass is 341 g/mol. The zero-order valence-electron chi connectivity index (χ0n) is 14.2. The Morgan fingerprint density at radius 2 is 1.68 bits per heavy atom. The van der Waals surface area contributed by atoms with Gasteiger partial charge < -0.3 is 14.8 Å². The Bertz CT molecular complexity index is 800. The molecular formula is C19H19NO5. The van der Waals surface area contributed by atoms with Crippen LogP contribution in [0, 0.1) is 0 Å². The highest BCUT2D eigenvalue weighted by Gasteiger charge is 2.19. The molecule has 0 aliphatic heterocycles. The van der Waals surface area contributed by atoms with E-state index in [9.17, 15) is 14.4 Å². The van der Waals surface area contributed by atoms with Crippen molar-refractivity contribution >= 4 is 23.3 Å². The van der Waals surface area contributed by atoms with Crippen LogP contribution in [0.25, 0.3) is 0 Å². The molecule has 1 amide bonds. The first-order chi connectivity index (χ1) is 11.9. The van der Waals surface area contributed by atoms with Crippen molar-refractivity contribution in [3.05, 3.63) is 59.7 Å². The number of benzene rings is 2. The Labute approximate surface area is 145 Å². The lowest BCUT2D eigenvalue weighted by Gasteiger charge is -2.14. The Morgan fingerprint density at radius 3 is 2.36 bits per heavy atom. The zero-order chi connectivity index (χ0) is 18.4. The molecule has 2 aromatic carbocycles. The third kappa shape index (κ3) is 4.91. The molecule has 0 aromatic heterocycles. The van der Waals surface area contributed by atoms with Crippen molar-refractivity contribution in [3.63, 3.8) is 0 Å². The number of Topliss-reactive ketones (excluding diaryl/α,β-unsaturated/α-hetero) is 1. The third-order valence-corrected chi connectivity index (χ3v) is 3.50. The molecule has 2 rings (SSSR count). The van der Waals surface area contributed by atoms with Gasteiger partial charge in [-0.3, -0.25) is 9.59 Å². The lowest BCUT2D eigenvalue weighted by atomic mass is 10.1. The minimum Gasteiger partial charge on any atom is -0.497 e. The lowest BCUT2D eigenvalue weighted by Crippen LogP contribution is -2.30. The van der Waals surface area contributed by atoms with E-state index in [0.29, 0.717) is 17.0 Å². The van der Waals surface area contributed by atoms with Crippen LogP contribution in [0.15, 0.2) is 48.5 Å². The average molecular weight is 341 g/mol. The highest BCUT2D eigenvalue weighted by atomic mass is 16.5. The number of hydrogen-bond donors (Lipinski definition) is 1. The Hall–Kier alpha value is -3.15. The number of rotatable bonds is 6. The Morgan fingerprint density at radius 1 is 1.00 bits per heavy atom. The van der Waals surface area contributed by atoms with Crippen LogP contribution in [0.1, 0.15) is 34.6 Å². The van der Waals surface area contributed by atoms with Gasteiger partial charge in [-0.05, 0) is 44.2 Å². The van der Waals surface area contributed by atoms with Crippen LogP contribution >= 0.6 is 0 Å². The SMILES string of the molecule is COc1cccc(C(=O)O[C@@H](C)C(=O)Nc2cccc(C(C)=O)c2)c1. The van der Waals surface area contributed by atoms with Gasteiger partial charge in [-0.1, -0.05) is 18.2 Å². The molecule has 0 spiro atoms. The molecule has 0 heterocycles. The topological polar surface area (TPSA) is 81.7 Å². The van der Waals surface area contributed by atoms with Crippen molar-refractivity contribution in [2.75, 3.05) is 12.4 Å². The molecule has 130 valence electrons. The quantitative estimate of drug-likeness (QED) is 0.645. The minimum atomic E-state index is -1.00. The number of methoxy groups -OCH3 is 1. The fourth-order valence-electron chi connectivity index (χ4n) is 2.09. The second-order valence-corrected chi connectivity index (χ2v) is 5.41. The van der Waals surface area contributed by atoms with Crippen LogP contribution in [-0.2, 0) is 9.53 Å². The average Bonchev–Trinajstić information content (AvgIpc) is 2.61. The second kappa shape index (κ2) is 8.10. The molecular weight excluding hydrogens is 322 g/mol. The summed E-state index contributed by atoms with van der Waals surface area (Å²) in [7, 11) is 1.50. The summed E-state index contributed by atoms with van der Waals surface area (Å²) in [5, 5.41) is 2.62. The Balaban J connectivity index is 2.01.